The minimum absolute atomic E-state index is 0.156. The summed E-state index contributed by atoms with van der Waals surface area (Å²) >= 11 is 0. The third-order valence-corrected chi connectivity index (χ3v) is 3.70. The van der Waals surface area contributed by atoms with Crippen LogP contribution in [0.5, 0.6) is 0 Å². The normalized spacial score (nSPS) is 10.4. The molecule has 138 valence electrons. The molecule has 0 atom stereocenters. The SMILES string of the molecule is Cc1cccc(-c2noc(C(=O)NCCNC(=O)c3ccc(F)cc3)n2)c1. The van der Waals surface area contributed by atoms with Gasteiger partial charge in [-0.15, -0.1) is 0 Å². The second-order valence-electron chi connectivity index (χ2n) is 5.81. The molecule has 0 radical (unpaired) electrons. The first-order chi connectivity index (χ1) is 13.0. The van der Waals surface area contributed by atoms with Gasteiger partial charge in [-0.3, -0.25) is 9.59 Å². The van der Waals surface area contributed by atoms with Gasteiger partial charge in [0.25, 0.3) is 5.91 Å². The number of nitrogens with one attached hydrogen (secondary N) is 2. The number of halogens is 1. The summed E-state index contributed by atoms with van der Waals surface area (Å²) in [6.07, 6.45) is 0. The van der Waals surface area contributed by atoms with Crippen LogP contribution in [0.4, 0.5) is 4.39 Å². The van der Waals surface area contributed by atoms with Crippen LogP contribution in [0.3, 0.4) is 0 Å². The molecular weight excluding hydrogens is 351 g/mol. The number of carbonyl (C=O) groups excluding carboxylic acids is 2. The summed E-state index contributed by atoms with van der Waals surface area (Å²) in [5, 5.41) is 9.01. The Kier molecular flexibility index (Phi) is 5.55. The fourth-order valence-electron chi connectivity index (χ4n) is 2.35. The van der Waals surface area contributed by atoms with Crippen LogP contribution < -0.4 is 10.6 Å². The quantitative estimate of drug-likeness (QED) is 0.651. The standard InChI is InChI=1S/C19H17FN4O3/c1-12-3-2-4-14(11-12)16-23-19(27-24-16)18(26)22-10-9-21-17(25)13-5-7-15(20)8-6-13/h2-8,11H,9-10H2,1H3,(H,21,25)(H,22,26). The van der Waals surface area contributed by atoms with Crippen LogP contribution in [-0.2, 0) is 0 Å². The van der Waals surface area contributed by atoms with Gasteiger partial charge in [0, 0.05) is 24.2 Å². The molecule has 0 bridgehead atoms. The highest BCUT2D eigenvalue weighted by Crippen LogP contribution is 2.16. The maximum absolute atomic E-state index is 12.8. The largest absolute Gasteiger partial charge is 0.350 e. The average Bonchev–Trinajstić information content (AvgIpc) is 3.16. The first kappa shape index (κ1) is 18.2. The van der Waals surface area contributed by atoms with E-state index < -0.39 is 11.7 Å². The van der Waals surface area contributed by atoms with Crippen molar-refractivity contribution in [3.05, 3.63) is 71.4 Å². The molecule has 7 nitrogen and oxygen atoms in total. The van der Waals surface area contributed by atoms with Gasteiger partial charge in [0.05, 0.1) is 0 Å². The number of aromatic nitrogens is 2. The molecule has 3 aromatic rings. The Morgan fingerprint density at radius 3 is 2.44 bits per heavy atom. The molecule has 0 saturated carbocycles. The van der Waals surface area contributed by atoms with E-state index in [-0.39, 0.29) is 24.9 Å². The van der Waals surface area contributed by atoms with E-state index in [2.05, 4.69) is 20.8 Å². The van der Waals surface area contributed by atoms with Crippen LogP contribution in [0.25, 0.3) is 11.4 Å². The summed E-state index contributed by atoms with van der Waals surface area (Å²) in [7, 11) is 0. The summed E-state index contributed by atoms with van der Waals surface area (Å²) in [4.78, 5) is 28.0. The van der Waals surface area contributed by atoms with Gasteiger partial charge in [-0.2, -0.15) is 4.98 Å². The van der Waals surface area contributed by atoms with Crippen LogP contribution in [0.2, 0.25) is 0 Å². The van der Waals surface area contributed by atoms with Gasteiger partial charge < -0.3 is 15.2 Å². The monoisotopic (exact) mass is 368 g/mol. The highest BCUT2D eigenvalue weighted by molar-refractivity contribution is 5.94. The Labute approximate surface area is 154 Å². The topological polar surface area (TPSA) is 97.1 Å². The summed E-state index contributed by atoms with van der Waals surface area (Å²) in [5.41, 5.74) is 2.13. The van der Waals surface area contributed by atoms with Crippen LogP contribution in [0.15, 0.2) is 53.1 Å². The molecule has 0 unspecified atom stereocenters. The lowest BCUT2D eigenvalue weighted by Gasteiger charge is -2.05. The van der Waals surface area contributed by atoms with E-state index >= 15 is 0 Å². The lowest BCUT2D eigenvalue weighted by atomic mass is 10.1. The van der Waals surface area contributed by atoms with E-state index in [4.69, 9.17) is 4.52 Å². The number of amides is 2. The number of rotatable bonds is 6. The zero-order valence-corrected chi connectivity index (χ0v) is 14.5. The molecule has 8 heteroatoms. The van der Waals surface area contributed by atoms with Crippen molar-refractivity contribution in [2.75, 3.05) is 13.1 Å². The Morgan fingerprint density at radius 2 is 1.74 bits per heavy atom. The second-order valence-corrected chi connectivity index (χ2v) is 5.81. The highest BCUT2D eigenvalue weighted by Gasteiger charge is 2.16. The lowest BCUT2D eigenvalue weighted by molar-refractivity contribution is 0.0898. The van der Waals surface area contributed by atoms with Crippen LogP contribution in [-0.4, -0.2) is 35.0 Å². The molecule has 0 aliphatic heterocycles. The summed E-state index contributed by atoms with van der Waals surface area (Å²) < 4.78 is 17.8. The number of carbonyl (C=O) groups is 2. The maximum atomic E-state index is 12.8. The van der Waals surface area contributed by atoms with Crippen molar-refractivity contribution in [2.45, 2.75) is 6.92 Å². The molecule has 2 N–H and O–H groups in total. The first-order valence-electron chi connectivity index (χ1n) is 8.25. The molecule has 0 spiro atoms. The summed E-state index contributed by atoms with van der Waals surface area (Å²) in [5.74, 6) is -1.13. The second kappa shape index (κ2) is 8.22. The number of hydrogen-bond donors (Lipinski definition) is 2. The summed E-state index contributed by atoms with van der Waals surface area (Å²) in [6, 6.07) is 12.7. The van der Waals surface area contributed by atoms with Crippen molar-refractivity contribution < 1.29 is 18.5 Å². The van der Waals surface area contributed by atoms with Crippen molar-refractivity contribution in [3.63, 3.8) is 0 Å². The molecule has 27 heavy (non-hydrogen) atoms. The number of nitrogens with zero attached hydrogens (tertiary/aromatic N) is 2. The van der Waals surface area contributed by atoms with Crippen LogP contribution in [0.1, 0.15) is 26.6 Å². The molecule has 0 saturated heterocycles. The van der Waals surface area contributed by atoms with Gasteiger partial charge >= 0.3 is 11.8 Å². The molecule has 2 amide bonds. The van der Waals surface area contributed by atoms with Crippen molar-refractivity contribution in [1.82, 2.24) is 20.8 Å². The van der Waals surface area contributed by atoms with Crippen LogP contribution in [0, 0.1) is 12.7 Å². The number of hydrogen-bond acceptors (Lipinski definition) is 5. The van der Waals surface area contributed by atoms with Crippen LogP contribution >= 0.6 is 0 Å². The first-order valence-corrected chi connectivity index (χ1v) is 8.25. The summed E-state index contributed by atoms with van der Waals surface area (Å²) in [6.45, 7) is 2.31. The Morgan fingerprint density at radius 1 is 1.04 bits per heavy atom. The molecular formula is C19H17FN4O3. The van der Waals surface area contributed by atoms with Gasteiger partial charge in [0.2, 0.25) is 5.82 Å². The van der Waals surface area contributed by atoms with Gasteiger partial charge in [0.1, 0.15) is 5.82 Å². The van der Waals surface area contributed by atoms with Crippen molar-refractivity contribution in [1.29, 1.82) is 0 Å². The molecule has 0 aliphatic rings. The average molecular weight is 368 g/mol. The van der Waals surface area contributed by atoms with E-state index in [1.165, 1.54) is 24.3 Å². The van der Waals surface area contributed by atoms with Gasteiger partial charge in [-0.05, 0) is 37.3 Å². The van der Waals surface area contributed by atoms with Crippen molar-refractivity contribution >= 4 is 11.8 Å². The third kappa shape index (κ3) is 4.75. The molecule has 0 aliphatic carbocycles. The van der Waals surface area contributed by atoms with E-state index in [0.717, 1.165) is 11.1 Å². The van der Waals surface area contributed by atoms with E-state index in [9.17, 15) is 14.0 Å². The minimum atomic E-state index is -0.530. The fourth-order valence-corrected chi connectivity index (χ4v) is 2.35. The van der Waals surface area contributed by atoms with E-state index in [1.54, 1.807) is 0 Å². The number of benzene rings is 2. The van der Waals surface area contributed by atoms with Crippen molar-refractivity contribution in [2.24, 2.45) is 0 Å². The molecule has 1 aromatic heterocycles. The third-order valence-electron chi connectivity index (χ3n) is 3.70. The Balaban J connectivity index is 1.48. The minimum Gasteiger partial charge on any atom is -0.350 e. The predicted octanol–water partition coefficient (Wildman–Crippen LogP) is 2.34. The smallest absolute Gasteiger partial charge is 0.316 e. The zero-order chi connectivity index (χ0) is 19.2. The molecule has 0 fully saturated rings. The predicted molar refractivity (Wildman–Crippen MR) is 95.5 cm³/mol. The zero-order valence-electron chi connectivity index (χ0n) is 14.5. The van der Waals surface area contributed by atoms with E-state index in [0.29, 0.717) is 11.4 Å². The van der Waals surface area contributed by atoms with Gasteiger partial charge in [-0.1, -0.05) is 28.9 Å². The van der Waals surface area contributed by atoms with Gasteiger partial charge in [-0.25, -0.2) is 4.39 Å². The maximum Gasteiger partial charge on any atom is 0.316 e. The Bertz CT molecular complexity index is 954. The van der Waals surface area contributed by atoms with E-state index in [1.807, 2.05) is 31.2 Å². The molecule has 3 rings (SSSR count). The molecule has 2 aromatic carbocycles. The van der Waals surface area contributed by atoms with Gasteiger partial charge in [0.15, 0.2) is 0 Å². The Hall–Kier alpha value is -3.55. The highest BCUT2D eigenvalue weighted by atomic mass is 19.1. The van der Waals surface area contributed by atoms with Crippen molar-refractivity contribution in [3.8, 4) is 11.4 Å². The fraction of sp³-hybridized carbons (Fsp3) is 0.158. The molecule has 1 heterocycles. The number of aryl methyl sites for hydroxylation is 1. The lowest BCUT2D eigenvalue weighted by Crippen LogP contribution is -2.34.